The zero-order chi connectivity index (χ0) is 20.4. The fourth-order valence-electron chi connectivity index (χ4n) is 3.68. The second-order valence-electron chi connectivity index (χ2n) is 7.46. The summed E-state index contributed by atoms with van der Waals surface area (Å²) < 4.78 is 33.7. The van der Waals surface area contributed by atoms with Crippen molar-refractivity contribution in [3.8, 4) is 0 Å². The second kappa shape index (κ2) is 8.10. The third-order valence-electron chi connectivity index (χ3n) is 5.24. The molecule has 4 rings (SSSR count). The summed E-state index contributed by atoms with van der Waals surface area (Å²) in [5.74, 6) is 0. The van der Waals surface area contributed by atoms with Crippen LogP contribution in [0.4, 0.5) is 0 Å². The highest BCUT2D eigenvalue weighted by Gasteiger charge is 2.29. The first-order chi connectivity index (χ1) is 13.9. The number of aromatic nitrogens is 1. The van der Waals surface area contributed by atoms with E-state index in [0.29, 0.717) is 12.2 Å². The highest BCUT2D eigenvalue weighted by molar-refractivity contribution is 7.89. The van der Waals surface area contributed by atoms with Gasteiger partial charge in [-0.2, -0.15) is 4.31 Å². The Morgan fingerprint density at radius 2 is 1.93 bits per heavy atom. The minimum absolute atomic E-state index is 0.00367. The first-order valence-electron chi connectivity index (χ1n) is 9.73. The van der Waals surface area contributed by atoms with Gasteiger partial charge in [0.25, 0.3) is 5.56 Å². The molecule has 3 aromatic rings. The third-order valence-corrected chi connectivity index (χ3v) is 7.06. The molecule has 152 valence electrons. The standard InChI is InChI=1S/C22H24N2O4S/c1-16-9-10-21-17(12-16)13-18(22(25)23-21)14-24(15-19-6-5-11-28-19)29(26,27)20-7-3-2-4-8-20/h2-4,7-10,12-13,19H,5-6,11,14-15H2,1H3,(H,23,25). The van der Waals surface area contributed by atoms with Gasteiger partial charge in [0.1, 0.15) is 0 Å². The summed E-state index contributed by atoms with van der Waals surface area (Å²) in [6, 6.07) is 15.9. The van der Waals surface area contributed by atoms with Crippen LogP contribution in [0.3, 0.4) is 0 Å². The Bertz CT molecular complexity index is 1170. The van der Waals surface area contributed by atoms with Crippen molar-refractivity contribution in [1.82, 2.24) is 9.29 Å². The van der Waals surface area contributed by atoms with Crippen molar-refractivity contribution in [3.63, 3.8) is 0 Å². The molecule has 0 aliphatic carbocycles. The zero-order valence-corrected chi connectivity index (χ0v) is 17.1. The lowest BCUT2D eigenvalue weighted by Crippen LogP contribution is -2.38. The lowest BCUT2D eigenvalue weighted by molar-refractivity contribution is 0.0925. The number of nitrogens with one attached hydrogen (secondary N) is 1. The monoisotopic (exact) mass is 412 g/mol. The molecule has 1 atom stereocenters. The normalized spacial score (nSPS) is 17.2. The number of aryl methyl sites for hydroxylation is 1. The van der Waals surface area contributed by atoms with Crippen LogP contribution in [0, 0.1) is 6.92 Å². The van der Waals surface area contributed by atoms with Crippen molar-refractivity contribution >= 4 is 20.9 Å². The number of ether oxygens (including phenoxy) is 1. The van der Waals surface area contributed by atoms with E-state index in [9.17, 15) is 13.2 Å². The van der Waals surface area contributed by atoms with E-state index in [4.69, 9.17) is 4.74 Å². The quantitative estimate of drug-likeness (QED) is 0.674. The van der Waals surface area contributed by atoms with Gasteiger partial charge in [0, 0.05) is 30.8 Å². The van der Waals surface area contributed by atoms with Crippen LogP contribution in [0.15, 0.2) is 64.3 Å². The molecule has 1 saturated heterocycles. The van der Waals surface area contributed by atoms with Gasteiger partial charge in [-0.25, -0.2) is 8.42 Å². The molecular weight excluding hydrogens is 388 g/mol. The van der Waals surface area contributed by atoms with Crippen LogP contribution in [0.25, 0.3) is 10.9 Å². The van der Waals surface area contributed by atoms with Gasteiger partial charge in [-0.05, 0) is 55.5 Å². The van der Waals surface area contributed by atoms with E-state index < -0.39 is 10.0 Å². The number of sulfonamides is 1. The van der Waals surface area contributed by atoms with E-state index in [2.05, 4.69) is 4.98 Å². The summed E-state index contributed by atoms with van der Waals surface area (Å²) in [4.78, 5) is 15.7. The van der Waals surface area contributed by atoms with Crippen molar-refractivity contribution in [2.75, 3.05) is 13.2 Å². The zero-order valence-electron chi connectivity index (χ0n) is 16.3. The molecule has 1 aliphatic heterocycles. The molecule has 1 fully saturated rings. The number of benzene rings is 2. The molecule has 7 heteroatoms. The molecular formula is C22H24N2O4S. The molecule has 6 nitrogen and oxygen atoms in total. The summed E-state index contributed by atoms with van der Waals surface area (Å²) in [5.41, 5.74) is 1.95. The fourth-order valence-corrected chi connectivity index (χ4v) is 5.15. The van der Waals surface area contributed by atoms with Crippen molar-refractivity contribution in [1.29, 1.82) is 0 Å². The molecule has 1 aromatic heterocycles. The molecule has 0 bridgehead atoms. The van der Waals surface area contributed by atoms with Crippen LogP contribution in [-0.4, -0.2) is 37.0 Å². The minimum atomic E-state index is -3.76. The van der Waals surface area contributed by atoms with Gasteiger partial charge in [0.2, 0.25) is 10.0 Å². The van der Waals surface area contributed by atoms with E-state index in [1.165, 1.54) is 4.31 Å². The van der Waals surface area contributed by atoms with Gasteiger partial charge < -0.3 is 9.72 Å². The van der Waals surface area contributed by atoms with Crippen molar-refractivity contribution in [2.24, 2.45) is 0 Å². The summed E-state index contributed by atoms with van der Waals surface area (Å²) in [7, 11) is -3.76. The summed E-state index contributed by atoms with van der Waals surface area (Å²) in [6.07, 6.45) is 1.57. The second-order valence-corrected chi connectivity index (χ2v) is 9.40. The maximum atomic E-state index is 13.3. The number of fused-ring (bicyclic) bond motifs is 1. The number of hydrogen-bond donors (Lipinski definition) is 1. The number of rotatable bonds is 6. The number of H-pyrrole nitrogens is 1. The molecule has 0 spiro atoms. The smallest absolute Gasteiger partial charge is 0.252 e. The highest BCUT2D eigenvalue weighted by Crippen LogP contribution is 2.22. The van der Waals surface area contributed by atoms with Gasteiger partial charge in [-0.1, -0.05) is 29.8 Å². The topological polar surface area (TPSA) is 79.5 Å². The lowest BCUT2D eigenvalue weighted by atomic mass is 10.1. The predicted molar refractivity (Wildman–Crippen MR) is 112 cm³/mol. The van der Waals surface area contributed by atoms with Crippen LogP contribution in [0.2, 0.25) is 0 Å². The van der Waals surface area contributed by atoms with Crippen molar-refractivity contribution in [2.45, 2.75) is 37.3 Å². The minimum Gasteiger partial charge on any atom is -0.377 e. The molecule has 1 unspecified atom stereocenters. The maximum Gasteiger partial charge on any atom is 0.252 e. The first kappa shape index (κ1) is 19.8. The fraction of sp³-hybridized carbons (Fsp3) is 0.318. The SMILES string of the molecule is Cc1ccc2[nH]c(=O)c(CN(CC3CCCO3)S(=O)(=O)c3ccccc3)cc2c1. The van der Waals surface area contributed by atoms with E-state index >= 15 is 0 Å². The van der Waals surface area contributed by atoms with Crippen LogP contribution in [0.5, 0.6) is 0 Å². The summed E-state index contributed by atoms with van der Waals surface area (Å²) in [6.45, 7) is 2.84. The molecule has 2 heterocycles. The Kier molecular flexibility index (Phi) is 5.54. The number of aromatic amines is 1. The predicted octanol–water partition coefficient (Wildman–Crippen LogP) is 3.21. The molecule has 0 amide bonds. The van der Waals surface area contributed by atoms with Crippen LogP contribution in [-0.2, 0) is 21.3 Å². The van der Waals surface area contributed by atoms with Gasteiger partial charge in [0.05, 0.1) is 11.0 Å². The van der Waals surface area contributed by atoms with Crippen molar-refractivity contribution in [3.05, 3.63) is 76.1 Å². The number of pyridine rings is 1. The molecule has 1 N–H and O–H groups in total. The molecule has 29 heavy (non-hydrogen) atoms. The van der Waals surface area contributed by atoms with Crippen molar-refractivity contribution < 1.29 is 13.2 Å². The highest BCUT2D eigenvalue weighted by atomic mass is 32.2. The molecule has 1 aliphatic rings. The Hall–Kier alpha value is -2.48. The van der Waals surface area contributed by atoms with Crippen LogP contribution in [0.1, 0.15) is 24.0 Å². The Balaban J connectivity index is 1.72. The lowest BCUT2D eigenvalue weighted by Gasteiger charge is -2.25. The Labute approximate surface area is 170 Å². The van der Waals surface area contributed by atoms with Gasteiger partial charge in [0.15, 0.2) is 0 Å². The maximum absolute atomic E-state index is 13.3. The largest absolute Gasteiger partial charge is 0.377 e. The summed E-state index contributed by atoms with van der Waals surface area (Å²) >= 11 is 0. The molecule has 0 saturated carbocycles. The molecule has 0 radical (unpaired) electrons. The Morgan fingerprint density at radius 1 is 1.14 bits per heavy atom. The van der Waals surface area contributed by atoms with E-state index in [1.54, 1.807) is 36.4 Å². The van der Waals surface area contributed by atoms with Gasteiger partial charge >= 0.3 is 0 Å². The van der Waals surface area contributed by atoms with E-state index in [0.717, 1.165) is 29.3 Å². The number of nitrogens with zero attached hydrogens (tertiary/aromatic N) is 1. The first-order valence-corrected chi connectivity index (χ1v) is 11.2. The summed E-state index contributed by atoms with van der Waals surface area (Å²) in [5, 5.41) is 0.883. The average molecular weight is 413 g/mol. The Morgan fingerprint density at radius 3 is 2.66 bits per heavy atom. The van der Waals surface area contributed by atoms with E-state index in [-0.39, 0.29) is 29.6 Å². The average Bonchev–Trinajstić information content (AvgIpc) is 3.22. The van der Waals surface area contributed by atoms with Gasteiger partial charge in [-0.3, -0.25) is 4.79 Å². The van der Waals surface area contributed by atoms with Gasteiger partial charge in [-0.15, -0.1) is 0 Å². The van der Waals surface area contributed by atoms with Crippen LogP contribution >= 0.6 is 0 Å². The number of hydrogen-bond acceptors (Lipinski definition) is 4. The van der Waals surface area contributed by atoms with E-state index in [1.807, 2.05) is 25.1 Å². The molecule has 2 aromatic carbocycles. The van der Waals surface area contributed by atoms with Crippen LogP contribution < -0.4 is 5.56 Å². The third kappa shape index (κ3) is 4.27.